The molecule has 0 saturated carbocycles. The Morgan fingerprint density at radius 3 is 2.47 bits per heavy atom. The van der Waals surface area contributed by atoms with E-state index in [1.54, 1.807) is 30.3 Å². The van der Waals surface area contributed by atoms with Gasteiger partial charge in [0.25, 0.3) is 0 Å². The van der Waals surface area contributed by atoms with Gasteiger partial charge in [-0.1, -0.05) is 48.5 Å². The van der Waals surface area contributed by atoms with Crippen LogP contribution in [0.2, 0.25) is 0 Å². The third-order valence-corrected chi connectivity index (χ3v) is 6.83. The maximum absolute atomic E-state index is 15.3. The van der Waals surface area contributed by atoms with Gasteiger partial charge in [-0.05, 0) is 31.4 Å². The average Bonchev–Trinajstić information content (AvgIpc) is 2.85. The van der Waals surface area contributed by atoms with Gasteiger partial charge in [0, 0.05) is 24.4 Å². The molecular formula is C26H30F3N3O4. The van der Waals surface area contributed by atoms with Crippen molar-refractivity contribution in [1.29, 1.82) is 0 Å². The molecule has 4 rings (SSSR count). The summed E-state index contributed by atoms with van der Waals surface area (Å²) < 4.78 is 51.6. The fraction of sp³-hybridized carbons (Fsp3) is 0.462. The molecule has 4 N–H and O–H groups in total. The molecule has 0 aromatic heterocycles. The van der Waals surface area contributed by atoms with Crippen molar-refractivity contribution in [3.8, 4) is 5.75 Å². The van der Waals surface area contributed by atoms with Gasteiger partial charge in [0.05, 0.1) is 18.8 Å². The first-order valence-electron chi connectivity index (χ1n) is 12.0. The number of para-hydroxylation sites is 1. The van der Waals surface area contributed by atoms with E-state index in [0.717, 1.165) is 0 Å². The van der Waals surface area contributed by atoms with Crippen molar-refractivity contribution in [1.82, 2.24) is 16.0 Å². The van der Waals surface area contributed by atoms with Crippen LogP contribution in [0.3, 0.4) is 0 Å². The van der Waals surface area contributed by atoms with E-state index in [1.807, 2.05) is 0 Å². The molecule has 0 aliphatic carbocycles. The summed E-state index contributed by atoms with van der Waals surface area (Å²) in [6.45, 7) is 1.42. The Balaban J connectivity index is 1.80. The lowest BCUT2D eigenvalue weighted by atomic mass is 9.77. The lowest BCUT2D eigenvalue weighted by Gasteiger charge is -2.47. The number of ether oxygens (including phenoxy) is 1. The van der Waals surface area contributed by atoms with Gasteiger partial charge in [0.15, 0.2) is 5.54 Å². The van der Waals surface area contributed by atoms with Crippen molar-refractivity contribution < 1.29 is 32.6 Å². The lowest BCUT2D eigenvalue weighted by molar-refractivity contribution is -0.221. The summed E-state index contributed by atoms with van der Waals surface area (Å²) in [5, 5.41) is 18.5. The number of carbonyl (C=O) groups is 2. The minimum absolute atomic E-state index is 0.152. The minimum atomic E-state index is -4.94. The number of amides is 2. The number of halogens is 3. The normalized spacial score (nSPS) is 23.3. The Morgan fingerprint density at radius 1 is 1.11 bits per heavy atom. The van der Waals surface area contributed by atoms with Crippen LogP contribution in [0.4, 0.5) is 13.2 Å². The van der Waals surface area contributed by atoms with Crippen LogP contribution in [0.25, 0.3) is 0 Å². The summed E-state index contributed by atoms with van der Waals surface area (Å²) in [5.74, 6) is -0.627. The van der Waals surface area contributed by atoms with Gasteiger partial charge in [-0.15, -0.1) is 0 Å². The molecule has 0 spiro atoms. The van der Waals surface area contributed by atoms with Gasteiger partial charge in [-0.2, -0.15) is 13.2 Å². The summed E-state index contributed by atoms with van der Waals surface area (Å²) in [4.78, 5) is 24.9. The Kier molecular flexibility index (Phi) is 7.56. The molecule has 1 saturated heterocycles. The Morgan fingerprint density at radius 2 is 1.81 bits per heavy atom. The molecule has 2 aliphatic rings. The van der Waals surface area contributed by atoms with Crippen molar-refractivity contribution in [2.24, 2.45) is 0 Å². The van der Waals surface area contributed by atoms with Crippen LogP contribution in [0.15, 0.2) is 54.6 Å². The minimum Gasteiger partial charge on any atom is -0.493 e. The Labute approximate surface area is 207 Å². The Bertz CT molecular complexity index is 1080. The molecule has 2 heterocycles. The van der Waals surface area contributed by atoms with Crippen LogP contribution in [-0.4, -0.2) is 47.9 Å². The van der Waals surface area contributed by atoms with E-state index in [2.05, 4.69) is 16.0 Å². The molecule has 0 radical (unpaired) electrons. The molecule has 7 nitrogen and oxygen atoms in total. The zero-order chi connectivity index (χ0) is 25.9. The number of alkyl halides is 3. The van der Waals surface area contributed by atoms with E-state index >= 15 is 13.2 Å². The van der Waals surface area contributed by atoms with Crippen LogP contribution in [0.5, 0.6) is 5.75 Å². The first-order valence-corrected chi connectivity index (χ1v) is 12.0. The SMILES string of the molecule is CC(O)C(NC(=O)C1CCCC(=O)N1)C(NC1CCOc2ccccc21)(c1ccccc1)C(F)(F)F. The van der Waals surface area contributed by atoms with Crippen LogP contribution in [-0.2, 0) is 15.1 Å². The van der Waals surface area contributed by atoms with E-state index in [0.29, 0.717) is 24.2 Å². The van der Waals surface area contributed by atoms with Crippen molar-refractivity contribution >= 4 is 11.8 Å². The van der Waals surface area contributed by atoms with Crippen molar-refractivity contribution in [2.75, 3.05) is 6.61 Å². The zero-order valence-electron chi connectivity index (χ0n) is 19.8. The Hall–Kier alpha value is -3.11. The molecule has 2 aromatic rings. The fourth-order valence-electron chi connectivity index (χ4n) is 5.09. The molecule has 1 fully saturated rings. The van der Waals surface area contributed by atoms with Crippen molar-refractivity contribution in [3.05, 3.63) is 65.7 Å². The second kappa shape index (κ2) is 10.5. The van der Waals surface area contributed by atoms with Crippen molar-refractivity contribution in [3.63, 3.8) is 0 Å². The fourth-order valence-corrected chi connectivity index (χ4v) is 5.09. The molecular weight excluding hydrogens is 475 g/mol. The molecule has 36 heavy (non-hydrogen) atoms. The highest BCUT2D eigenvalue weighted by atomic mass is 19.4. The number of aliphatic hydroxyl groups is 1. The molecule has 2 amide bonds. The van der Waals surface area contributed by atoms with Gasteiger partial charge in [0.2, 0.25) is 11.8 Å². The number of hydrogen-bond acceptors (Lipinski definition) is 5. The molecule has 0 bridgehead atoms. The largest absolute Gasteiger partial charge is 0.493 e. The van der Waals surface area contributed by atoms with Crippen LogP contribution in [0, 0.1) is 0 Å². The number of fused-ring (bicyclic) bond motifs is 1. The average molecular weight is 506 g/mol. The van der Waals surface area contributed by atoms with Gasteiger partial charge in [-0.3, -0.25) is 14.9 Å². The number of hydrogen-bond donors (Lipinski definition) is 4. The molecule has 5 atom stereocenters. The van der Waals surface area contributed by atoms with E-state index in [9.17, 15) is 14.7 Å². The van der Waals surface area contributed by atoms with Gasteiger partial charge >= 0.3 is 6.18 Å². The second-order valence-electron chi connectivity index (χ2n) is 9.28. The predicted octanol–water partition coefficient (Wildman–Crippen LogP) is 3.09. The first-order chi connectivity index (χ1) is 17.1. The van der Waals surface area contributed by atoms with Gasteiger partial charge in [-0.25, -0.2) is 0 Å². The smallest absolute Gasteiger partial charge is 0.412 e. The van der Waals surface area contributed by atoms with Gasteiger partial charge in [0.1, 0.15) is 11.8 Å². The van der Waals surface area contributed by atoms with Crippen molar-refractivity contribution in [2.45, 2.75) is 68.6 Å². The number of benzene rings is 2. The maximum Gasteiger partial charge on any atom is 0.412 e. The van der Waals surface area contributed by atoms with Gasteiger partial charge < -0.3 is 20.5 Å². The highest BCUT2D eigenvalue weighted by molar-refractivity contribution is 5.89. The summed E-state index contributed by atoms with van der Waals surface area (Å²) in [7, 11) is 0. The molecule has 2 aromatic carbocycles. The number of aliphatic hydroxyl groups excluding tert-OH is 1. The highest BCUT2D eigenvalue weighted by Crippen LogP contribution is 2.46. The third-order valence-electron chi connectivity index (χ3n) is 6.83. The third kappa shape index (κ3) is 5.05. The van der Waals surface area contributed by atoms with E-state index in [-0.39, 0.29) is 30.9 Å². The molecule has 10 heteroatoms. The quantitative estimate of drug-likeness (QED) is 0.464. The monoisotopic (exact) mass is 505 g/mol. The van der Waals surface area contributed by atoms with Crippen LogP contribution < -0.4 is 20.7 Å². The topological polar surface area (TPSA) is 99.7 Å². The zero-order valence-corrected chi connectivity index (χ0v) is 19.8. The first kappa shape index (κ1) is 26.0. The van der Waals surface area contributed by atoms with E-state index in [4.69, 9.17) is 4.74 Å². The number of carbonyl (C=O) groups excluding carboxylic acids is 2. The lowest BCUT2D eigenvalue weighted by Crippen LogP contribution is -2.70. The number of rotatable bonds is 7. The second-order valence-corrected chi connectivity index (χ2v) is 9.28. The van der Waals surface area contributed by atoms with Crippen LogP contribution in [0.1, 0.15) is 49.8 Å². The summed E-state index contributed by atoms with van der Waals surface area (Å²) >= 11 is 0. The molecule has 2 aliphatic heterocycles. The highest BCUT2D eigenvalue weighted by Gasteiger charge is 2.63. The van der Waals surface area contributed by atoms with E-state index < -0.39 is 41.9 Å². The standard InChI is InChI=1S/C26H30F3N3O4/c1-16(33)23(31-24(35)20-11-7-13-22(34)30-20)25(26(27,28)29,17-8-3-2-4-9-17)32-19-14-15-36-21-12-6-5-10-18(19)21/h2-6,8-10,12,16,19-20,23,32-33H,7,11,13-15H2,1H3,(H,30,34)(H,31,35). The summed E-state index contributed by atoms with van der Waals surface area (Å²) in [6, 6.07) is 10.5. The van der Waals surface area contributed by atoms with Crippen LogP contribution >= 0.6 is 0 Å². The number of nitrogens with one attached hydrogen (secondary N) is 3. The molecule has 5 unspecified atom stereocenters. The summed E-state index contributed by atoms with van der Waals surface area (Å²) in [6.07, 6.45) is -5.28. The molecule has 194 valence electrons. The number of piperidine rings is 1. The maximum atomic E-state index is 15.3. The van der Waals surface area contributed by atoms with E-state index in [1.165, 1.54) is 31.2 Å². The predicted molar refractivity (Wildman–Crippen MR) is 126 cm³/mol. The summed E-state index contributed by atoms with van der Waals surface area (Å²) in [5.41, 5.74) is -2.45.